The van der Waals surface area contributed by atoms with E-state index in [0.29, 0.717) is 11.0 Å². The molecule has 0 spiro atoms. The van der Waals surface area contributed by atoms with Crippen LogP contribution in [0.2, 0.25) is 0 Å². The largest absolute Gasteiger partial charge is 0.440 e. The Bertz CT molecular complexity index is 544. The number of nitrogens with one attached hydrogen (secondary N) is 1. The van der Waals surface area contributed by atoms with Gasteiger partial charge in [-0.25, -0.2) is 4.98 Å². The van der Waals surface area contributed by atoms with Gasteiger partial charge in [0.15, 0.2) is 0 Å². The highest BCUT2D eigenvalue weighted by atomic mass is 32.2. The average molecular weight is 266 g/mol. The maximum atomic E-state index is 10.8. The first-order valence-corrected chi connectivity index (χ1v) is 5.95. The van der Waals surface area contributed by atoms with Gasteiger partial charge in [0, 0.05) is 11.8 Å². The first-order chi connectivity index (χ1) is 8.70. The number of nitrogens with zero attached hydrogens (tertiary/aromatic N) is 2. The highest BCUT2D eigenvalue weighted by Gasteiger charge is 2.14. The number of hydrogen-bond acceptors (Lipinski definition) is 7. The Balaban J connectivity index is 2.14. The van der Waals surface area contributed by atoms with E-state index in [1.165, 1.54) is 24.1 Å². The number of nitrogens with two attached hydrogens (primary N) is 1. The monoisotopic (exact) mass is 266 g/mol. The van der Waals surface area contributed by atoms with Gasteiger partial charge in [0.2, 0.25) is 0 Å². The van der Waals surface area contributed by atoms with E-state index in [0.717, 1.165) is 5.56 Å². The maximum absolute atomic E-state index is 10.8. The number of nitro benzene ring substituents is 1. The predicted octanol–water partition coefficient (Wildman–Crippen LogP) is 2.16. The molecule has 7 nitrogen and oxygen atoms in total. The number of nitrogen functional groups attached to an aromatic ring is 1. The number of anilines is 1. The van der Waals surface area contributed by atoms with E-state index in [2.05, 4.69) is 10.4 Å². The summed E-state index contributed by atoms with van der Waals surface area (Å²) in [6, 6.07) is 4.81. The highest BCUT2D eigenvalue weighted by molar-refractivity contribution is 7.98. The van der Waals surface area contributed by atoms with Crippen LogP contribution in [0.5, 0.6) is 0 Å². The van der Waals surface area contributed by atoms with Crippen molar-refractivity contribution in [1.29, 1.82) is 0 Å². The molecule has 0 aliphatic heterocycles. The van der Waals surface area contributed by atoms with Gasteiger partial charge in [-0.05, 0) is 11.6 Å². The second-order valence-electron chi connectivity index (χ2n) is 3.34. The van der Waals surface area contributed by atoms with Crippen LogP contribution in [0, 0.1) is 10.1 Å². The Labute approximate surface area is 107 Å². The van der Waals surface area contributed by atoms with Crippen LogP contribution in [0.1, 0.15) is 5.56 Å². The van der Waals surface area contributed by atoms with Crippen LogP contribution >= 0.6 is 11.8 Å². The van der Waals surface area contributed by atoms with Crippen LogP contribution in [0.4, 0.5) is 11.4 Å². The number of aromatic nitrogens is 1. The summed E-state index contributed by atoms with van der Waals surface area (Å²) in [4.78, 5) is 14.3. The van der Waals surface area contributed by atoms with Crippen molar-refractivity contribution in [3.05, 3.63) is 46.3 Å². The molecule has 2 rings (SSSR count). The quantitative estimate of drug-likeness (QED) is 0.369. The molecule has 1 aromatic heterocycles. The summed E-state index contributed by atoms with van der Waals surface area (Å²) in [5, 5.41) is 11.4. The van der Waals surface area contributed by atoms with Crippen molar-refractivity contribution in [2.75, 3.05) is 5.43 Å². The molecule has 18 heavy (non-hydrogen) atoms. The number of oxazole rings is 1. The van der Waals surface area contributed by atoms with E-state index in [1.807, 2.05) is 0 Å². The molecule has 0 radical (unpaired) electrons. The smallest absolute Gasteiger partial charge is 0.293 e. The molecule has 1 heterocycles. The van der Waals surface area contributed by atoms with Crippen LogP contribution in [-0.4, -0.2) is 9.91 Å². The summed E-state index contributed by atoms with van der Waals surface area (Å²) >= 11 is 1.36. The van der Waals surface area contributed by atoms with Gasteiger partial charge in [0.1, 0.15) is 12.0 Å². The summed E-state index contributed by atoms with van der Waals surface area (Å²) in [5.74, 6) is 5.74. The molecule has 8 heteroatoms. The Kier molecular flexibility index (Phi) is 3.80. The van der Waals surface area contributed by atoms with Crippen molar-refractivity contribution in [3.8, 4) is 0 Å². The number of thioether (sulfide) groups is 1. The van der Waals surface area contributed by atoms with Crippen LogP contribution in [0.25, 0.3) is 0 Å². The minimum Gasteiger partial charge on any atom is -0.440 e. The van der Waals surface area contributed by atoms with Gasteiger partial charge >= 0.3 is 0 Å². The van der Waals surface area contributed by atoms with Crippen LogP contribution in [-0.2, 0) is 5.75 Å². The Morgan fingerprint density at radius 1 is 1.56 bits per heavy atom. The molecule has 0 bridgehead atoms. The number of nitro groups is 1. The fraction of sp³-hybridized carbons (Fsp3) is 0.100. The third-order valence-electron chi connectivity index (χ3n) is 2.19. The molecule has 2 aromatic rings. The number of rotatable bonds is 5. The van der Waals surface area contributed by atoms with E-state index >= 15 is 0 Å². The average Bonchev–Trinajstić information content (AvgIpc) is 2.89. The minimum atomic E-state index is -0.478. The molecule has 0 aliphatic rings. The van der Waals surface area contributed by atoms with Crippen molar-refractivity contribution in [1.82, 2.24) is 4.98 Å². The van der Waals surface area contributed by atoms with E-state index in [-0.39, 0.29) is 11.4 Å². The molecule has 94 valence electrons. The fourth-order valence-electron chi connectivity index (χ4n) is 1.37. The zero-order chi connectivity index (χ0) is 13.0. The van der Waals surface area contributed by atoms with E-state index in [9.17, 15) is 10.1 Å². The first kappa shape index (κ1) is 12.4. The molecule has 0 saturated heterocycles. The summed E-state index contributed by atoms with van der Waals surface area (Å²) in [5.41, 5.74) is 3.32. The Morgan fingerprint density at radius 3 is 3.00 bits per heavy atom. The molecule has 0 fully saturated rings. The van der Waals surface area contributed by atoms with Gasteiger partial charge in [0.25, 0.3) is 10.9 Å². The molecule has 0 saturated carbocycles. The summed E-state index contributed by atoms with van der Waals surface area (Å²) < 4.78 is 5.06. The van der Waals surface area contributed by atoms with E-state index < -0.39 is 4.92 Å². The normalized spacial score (nSPS) is 10.3. The van der Waals surface area contributed by atoms with Gasteiger partial charge in [-0.2, -0.15) is 0 Å². The predicted molar refractivity (Wildman–Crippen MR) is 67.0 cm³/mol. The van der Waals surface area contributed by atoms with Crippen LogP contribution < -0.4 is 11.3 Å². The lowest BCUT2D eigenvalue weighted by molar-refractivity contribution is -0.384. The van der Waals surface area contributed by atoms with Crippen LogP contribution in [0.15, 0.2) is 40.3 Å². The lowest BCUT2D eigenvalue weighted by atomic mass is 10.2. The van der Waals surface area contributed by atoms with Crippen molar-refractivity contribution < 1.29 is 9.34 Å². The minimum absolute atomic E-state index is 0.0528. The zero-order valence-corrected chi connectivity index (χ0v) is 10.0. The molecule has 0 amide bonds. The van der Waals surface area contributed by atoms with Crippen molar-refractivity contribution in [2.24, 2.45) is 5.84 Å². The fourth-order valence-corrected chi connectivity index (χ4v) is 2.10. The van der Waals surface area contributed by atoms with Gasteiger partial charge in [-0.15, -0.1) is 0 Å². The Hall–Kier alpha value is -2.06. The molecular formula is C10H10N4O3S. The molecule has 1 aromatic carbocycles. The molecule has 0 aliphatic carbocycles. The number of hydrogen-bond donors (Lipinski definition) is 2. The van der Waals surface area contributed by atoms with Gasteiger partial charge in [0.05, 0.1) is 11.1 Å². The third-order valence-corrected chi connectivity index (χ3v) is 3.11. The molecular weight excluding hydrogens is 256 g/mol. The summed E-state index contributed by atoms with van der Waals surface area (Å²) in [6.07, 6.45) is 3.03. The SMILES string of the molecule is NNc1ccc(CSc2ncco2)cc1[N+](=O)[O-]. The second kappa shape index (κ2) is 5.52. The van der Waals surface area contributed by atoms with E-state index in [4.69, 9.17) is 10.3 Å². The van der Waals surface area contributed by atoms with Crippen molar-refractivity contribution >= 4 is 23.1 Å². The lowest BCUT2D eigenvalue weighted by Crippen LogP contribution is -2.09. The zero-order valence-electron chi connectivity index (χ0n) is 9.20. The summed E-state index contributed by atoms with van der Waals surface area (Å²) in [7, 11) is 0. The Morgan fingerprint density at radius 2 is 2.39 bits per heavy atom. The van der Waals surface area contributed by atoms with Gasteiger partial charge < -0.3 is 9.84 Å². The maximum Gasteiger partial charge on any atom is 0.293 e. The standard InChI is InChI=1S/C10H10N4O3S/c11-13-8-2-1-7(5-9(8)14(15)16)6-18-10-12-3-4-17-10/h1-5,13H,6,11H2. The first-order valence-electron chi connectivity index (χ1n) is 4.97. The lowest BCUT2D eigenvalue weighted by Gasteiger charge is -2.04. The van der Waals surface area contributed by atoms with Gasteiger partial charge in [-0.1, -0.05) is 17.8 Å². The topological polar surface area (TPSA) is 107 Å². The van der Waals surface area contributed by atoms with Crippen LogP contribution in [0.3, 0.4) is 0 Å². The highest BCUT2D eigenvalue weighted by Crippen LogP contribution is 2.28. The van der Waals surface area contributed by atoms with Gasteiger partial charge in [-0.3, -0.25) is 16.0 Å². The summed E-state index contributed by atoms with van der Waals surface area (Å²) in [6.45, 7) is 0. The van der Waals surface area contributed by atoms with Crippen molar-refractivity contribution in [3.63, 3.8) is 0 Å². The van der Waals surface area contributed by atoms with E-state index in [1.54, 1.807) is 18.3 Å². The third kappa shape index (κ3) is 2.79. The number of benzene rings is 1. The van der Waals surface area contributed by atoms with Crippen molar-refractivity contribution in [2.45, 2.75) is 11.0 Å². The second-order valence-corrected chi connectivity index (χ2v) is 4.27. The number of hydrazine groups is 1. The molecule has 0 atom stereocenters. The molecule has 0 unspecified atom stereocenters. The molecule has 3 N–H and O–H groups in total.